The summed E-state index contributed by atoms with van der Waals surface area (Å²) >= 11 is 7.64. The maximum atomic E-state index is 15.1. The smallest absolute Gasteiger partial charge is 0.193 e. The Hall–Kier alpha value is -5.61. The van der Waals surface area contributed by atoms with Gasteiger partial charge in [-0.2, -0.15) is 0 Å². The number of carbonyl (C=O) groups is 1. The van der Waals surface area contributed by atoms with Crippen LogP contribution in [0.25, 0.3) is 44.5 Å². The molecular weight excluding hydrogens is 788 g/mol. The Kier molecular flexibility index (Phi) is 6.14. The van der Waals surface area contributed by atoms with Crippen LogP contribution in [0.2, 0.25) is 0 Å². The van der Waals surface area contributed by atoms with Crippen molar-refractivity contribution < 1.29 is 4.79 Å². The molecule has 0 saturated heterocycles. The number of fused-ring (bicyclic) bond motifs is 20. The van der Waals surface area contributed by atoms with E-state index in [0.717, 1.165) is 14.5 Å². The van der Waals surface area contributed by atoms with Crippen molar-refractivity contribution >= 4 is 37.6 Å². The Morgan fingerprint density at radius 3 is 0.963 bits per heavy atom. The van der Waals surface area contributed by atoms with E-state index in [9.17, 15) is 0 Å². The van der Waals surface area contributed by atoms with Crippen LogP contribution in [0.3, 0.4) is 0 Å². The number of halogens is 2. The van der Waals surface area contributed by atoms with Gasteiger partial charge in [0.25, 0.3) is 0 Å². The predicted octanol–water partition coefficient (Wildman–Crippen LogP) is 13.1. The Bertz CT molecular complexity index is 2890. The van der Waals surface area contributed by atoms with E-state index in [0.29, 0.717) is 11.1 Å². The van der Waals surface area contributed by atoms with Gasteiger partial charge in [-0.3, -0.25) is 4.79 Å². The predicted molar refractivity (Wildman–Crippen MR) is 224 cm³/mol. The van der Waals surface area contributed by atoms with Gasteiger partial charge >= 0.3 is 0 Å². The fraction of sp³-hybridized carbons (Fsp3) is 0.0392. The molecule has 0 unspecified atom stereocenters. The second-order valence-electron chi connectivity index (χ2n) is 14.9. The highest BCUT2D eigenvalue weighted by atomic mass is 79.9. The molecule has 54 heavy (non-hydrogen) atoms. The molecule has 0 aliphatic heterocycles. The van der Waals surface area contributed by atoms with Crippen LogP contribution in [0.15, 0.2) is 179 Å². The standard InChI is InChI=1S/C51H28Br2O/c52-31-19-23-39-40-24-20-32(53)28-48(40)51(47(39)27-31)44-16-8-4-12-36(44)38-22-18-30(26-46(38)51)49(54)29-17-21-37-35-11-3-7-15-43(35)50(45(37)25-29)41-13-5-1-9-33(41)34-10-2-6-14-42(34)50/h1-28H. The molecule has 4 aliphatic carbocycles. The maximum Gasteiger partial charge on any atom is 0.193 e. The van der Waals surface area contributed by atoms with Crippen LogP contribution in [0.5, 0.6) is 0 Å². The Morgan fingerprint density at radius 1 is 0.315 bits per heavy atom. The quantitative estimate of drug-likeness (QED) is 0.159. The van der Waals surface area contributed by atoms with Crippen molar-refractivity contribution in [1.82, 2.24) is 0 Å². The molecule has 3 heteroatoms. The van der Waals surface area contributed by atoms with E-state index in [-0.39, 0.29) is 5.78 Å². The number of carbonyl (C=O) groups excluding carboxylic acids is 1. The molecule has 2 spiro atoms. The summed E-state index contributed by atoms with van der Waals surface area (Å²) in [6, 6.07) is 61.3. The number of ketones is 1. The van der Waals surface area contributed by atoms with E-state index < -0.39 is 10.8 Å². The van der Waals surface area contributed by atoms with Crippen LogP contribution in [0.1, 0.15) is 60.4 Å². The lowest BCUT2D eigenvalue weighted by molar-refractivity contribution is 0.103. The summed E-state index contributed by atoms with van der Waals surface area (Å²) in [4.78, 5) is 15.1. The second-order valence-corrected chi connectivity index (χ2v) is 16.7. The van der Waals surface area contributed by atoms with Crippen LogP contribution in [0, 0.1) is 0 Å². The van der Waals surface area contributed by atoms with Crippen LogP contribution in [-0.2, 0) is 10.8 Å². The van der Waals surface area contributed by atoms with Gasteiger partial charge < -0.3 is 0 Å². The third-order valence-corrected chi connectivity index (χ3v) is 13.6. The monoisotopic (exact) mass is 814 g/mol. The molecule has 0 N–H and O–H groups in total. The van der Waals surface area contributed by atoms with Gasteiger partial charge in [-0.1, -0.05) is 165 Å². The Morgan fingerprint density at radius 2 is 0.593 bits per heavy atom. The summed E-state index contributed by atoms with van der Waals surface area (Å²) < 4.78 is 2.07. The van der Waals surface area contributed by atoms with E-state index in [1.165, 1.54) is 83.5 Å². The van der Waals surface area contributed by atoms with Crippen LogP contribution in [-0.4, -0.2) is 5.78 Å². The van der Waals surface area contributed by atoms with Crippen molar-refractivity contribution in [2.45, 2.75) is 10.8 Å². The Labute approximate surface area is 330 Å². The summed E-state index contributed by atoms with van der Waals surface area (Å²) in [6.45, 7) is 0. The average Bonchev–Trinajstić information content (AvgIpc) is 3.88. The average molecular weight is 817 g/mol. The molecule has 0 heterocycles. The summed E-state index contributed by atoms with van der Waals surface area (Å²) in [7, 11) is 0. The molecule has 8 aromatic rings. The van der Waals surface area contributed by atoms with Gasteiger partial charge in [0.15, 0.2) is 5.78 Å². The summed E-state index contributed by atoms with van der Waals surface area (Å²) in [5.74, 6) is 0.0271. The second kappa shape index (κ2) is 10.8. The highest BCUT2D eigenvalue weighted by molar-refractivity contribution is 9.10. The van der Waals surface area contributed by atoms with Gasteiger partial charge in [0, 0.05) is 20.1 Å². The molecule has 0 radical (unpaired) electrons. The fourth-order valence-electron chi connectivity index (χ4n) is 10.7. The normalized spacial score (nSPS) is 14.9. The number of benzene rings is 8. The third-order valence-electron chi connectivity index (χ3n) is 12.6. The van der Waals surface area contributed by atoms with Crippen molar-refractivity contribution in [2.75, 3.05) is 0 Å². The first-order valence-corrected chi connectivity index (χ1v) is 19.9. The minimum Gasteiger partial charge on any atom is -0.289 e. The fourth-order valence-corrected chi connectivity index (χ4v) is 11.4. The number of hydrogen-bond donors (Lipinski definition) is 0. The van der Waals surface area contributed by atoms with Crippen molar-refractivity contribution in [3.63, 3.8) is 0 Å². The van der Waals surface area contributed by atoms with Gasteiger partial charge in [-0.15, -0.1) is 0 Å². The van der Waals surface area contributed by atoms with Gasteiger partial charge in [0.05, 0.1) is 10.8 Å². The van der Waals surface area contributed by atoms with E-state index in [1.807, 2.05) is 12.1 Å². The van der Waals surface area contributed by atoms with Gasteiger partial charge in [0.1, 0.15) is 0 Å². The van der Waals surface area contributed by atoms with Crippen molar-refractivity contribution in [1.29, 1.82) is 0 Å². The molecular formula is C51H28Br2O. The largest absolute Gasteiger partial charge is 0.289 e. The summed E-state index contributed by atoms with van der Waals surface area (Å²) in [6.07, 6.45) is 0. The van der Waals surface area contributed by atoms with E-state index in [4.69, 9.17) is 0 Å². The molecule has 0 fully saturated rings. The lowest BCUT2D eigenvalue weighted by Gasteiger charge is -2.31. The molecule has 0 aromatic heterocycles. The van der Waals surface area contributed by atoms with Gasteiger partial charge in [-0.05, 0) is 125 Å². The van der Waals surface area contributed by atoms with Crippen LogP contribution in [0.4, 0.5) is 0 Å². The zero-order valence-corrected chi connectivity index (χ0v) is 32.0. The minimum absolute atomic E-state index is 0.0271. The van der Waals surface area contributed by atoms with Crippen molar-refractivity contribution in [3.8, 4) is 44.5 Å². The van der Waals surface area contributed by atoms with Crippen molar-refractivity contribution in [3.05, 3.63) is 234 Å². The van der Waals surface area contributed by atoms with E-state index >= 15 is 4.79 Å². The highest BCUT2D eigenvalue weighted by Crippen LogP contribution is 2.65. The van der Waals surface area contributed by atoms with Crippen LogP contribution < -0.4 is 0 Å². The first-order chi connectivity index (χ1) is 26.5. The zero-order chi connectivity index (χ0) is 35.9. The molecule has 12 rings (SSSR count). The molecule has 1 nitrogen and oxygen atoms in total. The lowest BCUT2D eigenvalue weighted by atomic mass is 9.70. The zero-order valence-electron chi connectivity index (χ0n) is 28.8. The highest BCUT2D eigenvalue weighted by Gasteiger charge is 2.53. The molecule has 252 valence electrons. The molecule has 0 bridgehead atoms. The maximum absolute atomic E-state index is 15.1. The van der Waals surface area contributed by atoms with E-state index in [1.54, 1.807) is 0 Å². The first kappa shape index (κ1) is 30.8. The summed E-state index contributed by atoms with van der Waals surface area (Å²) in [5, 5.41) is 0. The topological polar surface area (TPSA) is 17.1 Å². The number of hydrogen-bond acceptors (Lipinski definition) is 1. The number of rotatable bonds is 2. The molecule has 0 amide bonds. The molecule has 8 aromatic carbocycles. The van der Waals surface area contributed by atoms with E-state index in [2.05, 4.69) is 190 Å². The molecule has 4 aliphatic rings. The van der Waals surface area contributed by atoms with Crippen LogP contribution >= 0.6 is 31.9 Å². The minimum atomic E-state index is -0.568. The lowest BCUT2D eigenvalue weighted by Crippen LogP contribution is -2.26. The molecule has 0 atom stereocenters. The third kappa shape index (κ3) is 3.62. The SMILES string of the molecule is O=C(c1ccc2c(c1)C1(c3ccccc3-c3ccccc31)c1ccccc1-2)c1ccc2c(c1)C1(c3ccccc3-2)c2cc(Br)ccc2-c2ccc(Br)cc21. The summed E-state index contributed by atoms with van der Waals surface area (Å²) in [5.41, 5.74) is 19.9. The Balaban J connectivity index is 1.08. The molecule has 0 saturated carbocycles. The van der Waals surface area contributed by atoms with Crippen molar-refractivity contribution in [2.24, 2.45) is 0 Å². The van der Waals surface area contributed by atoms with Gasteiger partial charge in [-0.25, -0.2) is 0 Å². The first-order valence-electron chi connectivity index (χ1n) is 18.3. The van der Waals surface area contributed by atoms with Gasteiger partial charge in [0.2, 0.25) is 0 Å².